The van der Waals surface area contributed by atoms with Gasteiger partial charge >= 0.3 is 0 Å². The number of hydrogen-bond acceptors (Lipinski definition) is 3. The summed E-state index contributed by atoms with van der Waals surface area (Å²) >= 11 is 0. The Morgan fingerprint density at radius 1 is 1.17 bits per heavy atom. The lowest BCUT2D eigenvalue weighted by atomic mass is 10.0. The van der Waals surface area contributed by atoms with Crippen molar-refractivity contribution < 1.29 is 9.47 Å². The van der Waals surface area contributed by atoms with Crippen LogP contribution in [0.15, 0.2) is 30.3 Å². The fraction of sp³-hybridized carbons (Fsp3) is 0.600. The zero-order valence-corrected chi connectivity index (χ0v) is 10.7. The van der Waals surface area contributed by atoms with E-state index in [0.29, 0.717) is 6.04 Å². The molecule has 0 aromatic heterocycles. The van der Waals surface area contributed by atoms with E-state index in [2.05, 4.69) is 29.6 Å². The van der Waals surface area contributed by atoms with E-state index in [1.165, 1.54) is 24.8 Å². The van der Waals surface area contributed by atoms with Gasteiger partial charge in [0.25, 0.3) is 0 Å². The first-order valence-corrected chi connectivity index (χ1v) is 6.96. The second kappa shape index (κ2) is 5.83. The molecule has 3 heteroatoms. The molecular formula is C15H21NO2. The molecule has 98 valence electrons. The minimum absolute atomic E-state index is 0.0684. The number of ether oxygens (including phenoxy) is 2. The van der Waals surface area contributed by atoms with Gasteiger partial charge in [0.05, 0.1) is 12.7 Å². The van der Waals surface area contributed by atoms with Crippen LogP contribution >= 0.6 is 0 Å². The maximum absolute atomic E-state index is 6.02. The summed E-state index contributed by atoms with van der Waals surface area (Å²) in [5, 5.41) is 3.54. The monoisotopic (exact) mass is 247 g/mol. The van der Waals surface area contributed by atoms with Crippen molar-refractivity contribution in [1.82, 2.24) is 5.32 Å². The largest absolute Gasteiger partial charge is 0.350 e. The molecule has 0 radical (unpaired) electrons. The molecule has 0 aliphatic carbocycles. The summed E-state index contributed by atoms with van der Waals surface area (Å²) in [6.45, 7) is 1.85. The fourth-order valence-corrected chi connectivity index (χ4v) is 2.80. The Balaban J connectivity index is 1.52. The van der Waals surface area contributed by atoms with E-state index in [1.807, 2.05) is 6.07 Å². The quantitative estimate of drug-likeness (QED) is 0.887. The topological polar surface area (TPSA) is 30.5 Å². The molecule has 0 amide bonds. The predicted molar refractivity (Wildman–Crippen MR) is 70.4 cm³/mol. The molecule has 0 bridgehead atoms. The lowest BCUT2D eigenvalue weighted by Gasteiger charge is -2.27. The molecule has 3 rings (SSSR count). The van der Waals surface area contributed by atoms with Gasteiger partial charge in [-0.05, 0) is 24.9 Å². The first-order valence-electron chi connectivity index (χ1n) is 6.96. The van der Waals surface area contributed by atoms with Gasteiger partial charge in [-0.3, -0.25) is 0 Å². The number of benzene rings is 1. The third-order valence-electron chi connectivity index (χ3n) is 3.82. The van der Waals surface area contributed by atoms with Crippen molar-refractivity contribution in [2.24, 2.45) is 0 Å². The molecule has 3 nitrogen and oxygen atoms in total. The standard InChI is InChI=1S/C15H21NO2/c1-2-6-12(7-3-1)10-15-17-11-14(18-15)13-8-4-5-9-16-13/h1-3,6-7,13-16H,4-5,8-11H2/t13-,14-,15+/m1/s1. The Labute approximate surface area is 108 Å². The van der Waals surface area contributed by atoms with Gasteiger partial charge in [0, 0.05) is 12.5 Å². The van der Waals surface area contributed by atoms with E-state index in [-0.39, 0.29) is 12.4 Å². The van der Waals surface area contributed by atoms with E-state index < -0.39 is 0 Å². The summed E-state index contributed by atoms with van der Waals surface area (Å²) in [6.07, 6.45) is 4.83. The van der Waals surface area contributed by atoms with E-state index >= 15 is 0 Å². The third-order valence-corrected chi connectivity index (χ3v) is 3.82. The molecule has 3 atom stereocenters. The molecule has 1 N–H and O–H groups in total. The lowest BCUT2D eigenvalue weighted by molar-refractivity contribution is -0.0625. The number of piperidine rings is 1. The van der Waals surface area contributed by atoms with Crippen molar-refractivity contribution >= 4 is 0 Å². The molecule has 2 aliphatic heterocycles. The van der Waals surface area contributed by atoms with Crippen molar-refractivity contribution in [3.8, 4) is 0 Å². The molecular weight excluding hydrogens is 226 g/mol. The molecule has 0 unspecified atom stereocenters. The minimum atomic E-state index is -0.0684. The van der Waals surface area contributed by atoms with Crippen LogP contribution in [0.4, 0.5) is 0 Å². The molecule has 2 saturated heterocycles. The Kier molecular flexibility index (Phi) is 3.93. The SMILES string of the molecule is c1ccc(C[C@H]2OC[C@H]([C@H]3CCCCN3)O2)cc1. The third kappa shape index (κ3) is 2.91. The zero-order valence-electron chi connectivity index (χ0n) is 10.7. The van der Waals surface area contributed by atoms with E-state index in [9.17, 15) is 0 Å². The molecule has 2 fully saturated rings. The highest BCUT2D eigenvalue weighted by Gasteiger charge is 2.32. The Morgan fingerprint density at radius 3 is 2.83 bits per heavy atom. The fourth-order valence-electron chi connectivity index (χ4n) is 2.80. The van der Waals surface area contributed by atoms with Crippen LogP contribution < -0.4 is 5.32 Å². The summed E-state index contributed by atoms with van der Waals surface area (Å²) in [7, 11) is 0. The summed E-state index contributed by atoms with van der Waals surface area (Å²) in [6, 6.07) is 10.9. The Bertz CT molecular complexity index is 362. The average molecular weight is 247 g/mol. The second-order valence-corrected chi connectivity index (χ2v) is 5.18. The van der Waals surface area contributed by atoms with Crippen molar-refractivity contribution in [2.75, 3.05) is 13.2 Å². The van der Waals surface area contributed by atoms with Crippen LogP contribution in [-0.2, 0) is 15.9 Å². The van der Waals surface area contributed by atoms with Crippen LogP contribution in [0.2, 0.25) is 0 Å². The van der Waals surface area contributed by atoms with Crippen LogP contribution in [0.1, 0.15) is 24.8 Å². The van der Waals surface area contributed by atoms with Gasteiger partial charge < -0.3 is 14.8 Å². The highest BCUT2D eigenvalue weighted by Crippen LogP contribution is 2.22. The van der Waals surface area contributed by atoms with Crippen LogP contribution in [-0.4, -0.2) is 31.6 Å². The number of nitrogens with one attached hydrogen (secondary N) is 1. The smallest absolute Gasteiger partial charge is 0.162 e. The maximum Gasteiger partial charge on any atom is 0.162 e. The highest BCUT2D eigenvalue weighted by atomic mass is 16.7. The predicted octanol–water partition coefficient (Wildman–Crippen LogP) is 2.11. The van der Waals surface area contributed by atoms with Crippen molar-refractivity contribution in [3.63, 3.8) is 0 Å². The van der Waals surface area contributed by atoms with Crippen molar-refractivity contribution in [3.05, 3.63) is 35.9 Å². The average Bonchev–Trinajstić information content (AvgIpc) is 2.89. The Hall–Kier alpha value is -0.900. The molecule has 1 aromatic carbocycles. The Morgan fingerprint density at radius 2 is 2.06 bits per heavy atom. The maximum atomic E-state index is 6.02. The van der Waals surface area contributed by atoms with Crippen LogP contribution in [0.5, 0.6) is 0 Å². The van der Waals surface area contributed by atoms with E-state index in [0.717, 1.165) is 19.6 Å². The van der Waals surface area contributed by atoms with Crippen molar-refractivity contribution in [1.29, 1.82) is 0 Å². The van der Waals surface area contributed by atoms with Gasteiger partial charge in [-0.1, -0.05) is 36.8 Å². The van der Waals surface area contributed by atoms with Gasteiger partial charge in [0.15, 0.2) is 6.29 Å². The number of hydrogen-bond donors (Lipinski definition) is 1. The molecule has 0 spiro atoms. The molecule has 2 heterocycles. The summed E-state index contributed by atoms with van der Waals surface area (Å²) in [5.41, 5.74) is 1.28. The van der Waals surface area contributed by atoms with Crippen molar-refractivity contribution in [2.45, 2.75) is 44.1 Å². The summed E-state index contributed by atoms with van der Waals surface area (Å²) in [5.74, 6) is 0. The molecule has 18 heavy (non-hydrogen) atoms. The second-order valence-electron chi connectivity index (χ2n) is 5.18. The summed E-state index contributed by atoms with van der Waals surface area (Å²) < 4.78 is 11.8. The van der Waals surface area contributed by atoms with Crippen LogP contribution in [0, 0.1) is 0 Å². The first kappa shape index (κ1) is 12.2. The normalized spacial score (nSPS) is 32.6. The lowest BCUT2D eigenvalue weighted by Crippen LogP contribution is -2.44. The molecule has 2 aliphatic rings. The molecule has 0 saturated carbocycles. The van der Waals surface area contributed by atoms with Gasteiger partial charge in [-0.15, -0.1) is 0 Å². The van der Waals surface area contributed by atoms with E-state index in [4.69, 9.17) is 9.47 Å². The highest BCUT2D eigenvalue weighted by molar-refractivity contribution is 5.15. The number of rotatable bonds is 3. The van der Waals surface area contributed by atoms with Gasteiger partial charge in [0.1, 0.15) is 0 Å². The van der Waals surface area contributed by atoms with Crippen LogP contribution in [0.3, 0.4) is 0 Å². The van der Waals surface area contributed by atoms with Gasteiger partial charge in [0.2, 0.25) is 0 Å². The zero-order chi connectivity index (χ0) is 12.2. The van der Waals surface area contributed by atoms with Gasteiger partial charge in [-0.25, -0.2) is 0 Å². The molecule has 1 aromatic rings. The summed E-state index contributed by atoms with van der Waals surface area (Å²) in [4.78, 5) is 0. The van der Waals surface area contributed by atoms with E-state index in [1.54, 1.807) is 0 Å². The minimum Gasteiger partial charge on any atom is -0.350 e. The van der Waals surface area contributed by atoms with Crippen LogP contribution in [0.25, 0.3) is 0 Å². The van der Waals surface area contributed by atoms with Gasteiger partial charge in [-0.2, -0.15) is 0 Å². The first-order chi connectivity index (χ1) is 8.92.